The lowest BCUT2D eigenvalue weighted by molar-refractivity contribution is 0.404. The first kappa shape index (κ1) is 22.3. The molecule has 7 heteroatoms. The Morgan fingerprint density at radius 2 is 1.74 bits per heavy atom. The Bertz CT molecular complexity index is 1410. The Hall–Kier alpha value is -3.48. The first-order chi connectivity index (χ1) is 16.4. The summed E-state index contributed by atoms with van der Waals surface area (Å²) < 4.78 is 5.82. The molecule has 0 saturated heterocycles. The summed E-state index contributed by atoms with van der Waals surface area (Å²) in [6.45, 7) is 6.23. The van der Waals surface area contributed by atoms with Crippen molar-refractivity contribution in [3.05, 3.63) is 106 Å². The second kappa shape index (κ2) is 9.05. The molecule has 34 heavy (non-hydrogen) atoms. The predicted octanol–water partition coefficient (Wildman–Crippen LogP) is 6.87. The molecule has 0 amide bonds. The van der Waals surface area contributed by atoms with Gasteiger partial charge >= 0.3 is 0 Å². The van der Waals surface area contributed by atoms with Crippen LogP contribution in [0.2, 0.25) is 5.02 Å². The summed E-state index contributed by atoms with van der Waals surface area (Å²) in [5, 5.41) is 8.98. The first-order valence-electron chi connectivity index (χ1n) is 11.0. The number of nitrogens with one attached hydrogen (secondary N) is 1. The molecule has 0 aliphatic carbocycles. The van der Waals surface area contributed by atoms with Gasteiger partial charge in [0.1, 0.15) is 0 Å². The summed E-state index contributed by atoms with van der Waals surface area (Å²) in [5.41, 5.74) is 7.03. The van der Waals surface area contributed by atoms with Crippen LogP contribution in [-0.4, -0.2) is 15.3 Å². The summed E-state index contributed by atoms with van der Waals surface area (Å²) in [6.07, 6.45) is 0. The van der Waals surface area contributed by atoms with E-state index in [0.717, 1.165) is 28.1 Å². The highest BCUT2D eigenvalue weighted by Crippen LogP contribution is 2.40. The number of aromatic nitrogens is 2. The van der Waals surface area contributed by atoms with Gasteiger partial charge in [0.05, 0.1) is 11.6 Å². The van der Waals surface area contributed by atoms with Crippen LogP contribution in [0, 0.1) is 13.8 Å². The summed E-state index contributed by atoms with van der Waals surface area (Å²) in [7, 11) is 0. The van der Waals surface area contributed by atoms with Crippen LogP contribution in [0.4, 0.5) is 5.69 Å². The maximum Gasteiger partial charge on any atom is 0.258 e. The maximum atomic E-state index is 6.29. The maximum absolute atomic E-state index is 6.29. The lowest BCUT2D eigenvalue weighted by atomic mass is 9.92. The van der Waals surface area contributed by atoms with Crippen LogP contribution in [0.5, 0.6) is 0 Å². The van der Waals surface area contributed by atoms with Crippen molar-refractivity contribution in [2.24, 2.45) is 0 Å². The minimum Gasteiger partial charge on any atom is -0.351 e. The van der Waals surface area contributed by atoms with Crippen molar-refractivity contribution < 1.29 is 4.52 Å². The molecule has 1 aliphatic rings. The van der Waals surface area contributed by atoms with E-state index in [2.05, 4.69) is 42.5 Å². The summed E-state index contributed by atoms with van der Waals surface area (Å²) in [6, 6.07) is 23.6. The lowest BCUT2D eigenvalue weighted by Gasteiger charge is -2.37. The third-order valence-corrected chi connectivity index (χ3v) is 6.64. The van der Waals surface area contributed by atoms with Crippen molar-refractivity contribution in [2.45, 2.75) is 26.8 Å². The molecule has 1 N–H and O–H groups in total. The molecule has 1 aromatic heterocycles. The fraction of sp³-hybridized carbons (Fsp3) is 0.148. The van der Waals surface area contributed by atoms with E-state index in [9.17, 15) is 0 Å². The van der Waals surface area contributed by atoms with Gasteiger partial charge in [0.15, 0.2) is 5.11 Å². The van der Waals surface area contributed by atoms with Crippen LogP contribution in [0.1, 0.15) is 35.5 Å². The molecule has 0 spiro atoms. The number of anilines is 1. The number of thiocarbonyl (C=S) groups is 1. The molecule has 5 rings (SSSR count). The highest BCUT2D eigenvalue weighted by molar-refractivity contribution is 7.80. The van der Waals surface area contributed by atoms with Crippen molar-refractivity contribution in [1.29, 1.82) is 0 Å². The molecule has 0 radical (unpaired) electrons. The summed E-state index contributed by atoms with van der Waals surface area (Å²) in [5.74, 6) is 0.985. The number of hydrogen-bond acceptors (Lipinski definition) is 4. The second-order valence-corrected chi connectivity index (χ2v) is 9.15. The van der Waals surface area contributed by atoms with Crippen LogP contribution in [0.25, 0.3) is 17.0 Å². The van der Waals surface area contributed by atoms with E-state index < -0.39 is 0 Å². The van der Waals surface area contributed by atoms with Gasteiger partial charge in [-0.25, -0.2) is 0 Å². The molecular weight excluding hydrogens is 464 g/mol. The Morgan fingerprint density at radius 1 is 0.941 bits per heavy atom. The van der Waals surface area contributed by atoms with E-state index in [1.54, 1.807) is 0 Å². The van der Waals surface area contributed by atoms with Crippen LogP contribution < -0.4 is 10.2 Å². The minimum atomic E-state index is -0.244. The Labute approximate surface area is 209 Å². The van der Waals surface area contributed by atoms with Gasteiger partial charge in [-0.3, -0.25) is 4.90 Å². The van der Waals surface area contributed by atoms with Gasteiger partial charge in [-0.1, -0.05) is 71.4 Å². The second-order valence-electron chi connectivity index (χ2n) is 8.33. The first-order valence-corrected chi connectivity index (χ1v) is 11.7. The largest absolute Gasteiger partial charge is 0.351 e. The number of nitrogens with zero attached hydrogens (tertiary/aromatic N) is 3. The highest BCUT2D eigenvalue weighted by Gasteiger charge is 2.35. The third-order valence-electron chi connectivity index (χ3n) is 6.10. The molecule has 4 aromatic rings. The molecule has 170 valence electrons. The normalized spacial score (nSPS) is 16.1. The molecule has 1 aliphatic heterocycles. The fourth-order valence-corrected chi connectivity index (χ4v) is 4.72. The zero-order chi connectivity index (χ0) is 23.8. The summed E-state index contributed by atoms with van der Waals surface area (Å²) >= 11 is 12.1. The quantitative estimate of drug-likeness (QED) is 0.317. The Morgan fingerprint density at radius 3 is 2.47 bits per heavy atom. The number of rotatable bonds is 4. The molecule has 1 unspecified atom stereocenters. The number of halogens is 1. The van der Waals surface area contributed by atoms with E-state index in [-0.39, 0.29) is 6.04 Å². The van der Waals surface area contributed by atoms with Gasteiger partial charge in [-0.2, -0.15) is 4.98 Å². The molecule has 1 atom stereocenters. The zero-order valence-electron chi connectivity index (χ0n) is 19.0. The topological polar surface area (TPSA) is 54.2 Å². The average molecular weight is 487 g/mol. The van der Waals surface area contributed by atoms with Gasteiger partial charge in [-0.15, -0.1) is 0 Å². The standard InChI is InChI=1S/C27H23ClN4OS/c1-16-12-13-20(14-17(16)2)24-23(26-30-25(31-33-26)19-8-5-4-6-9-19)18(3)32(27(34)29-24)22-11-7-10-21(28)15-22/h4-15,24H,1-3H3,(H,29,34). The van der Waals surface area contributed by atoms with E-state index in [4.69, 9.17) is 33.3 Å². The Balaban J connectivity index is 1.68. The third kappa shape index (κ3) is 4.11. The smallest absolute Gasteiger partial charge is 0.258 e. The molecular formula is C27H23ClN4OS. The van der Waals surface area contributed by atoms with Crippen LogP contribution >= 0.6 is 23.8 Å². The fourth-order valence-electron chi connectivity index (χ4n) is 4.18. The number of aryl methyl sites for hydroxylation is 2. The van der Waals surface area contributed by atoms with E-state index in [1.807, 2.05) is 66.4 Å². The van der Waals surface area contributed by atoms with Crippen molar-refractivity contribution in [3.63, 3.8) is 0 Å². The van der Waals surface area contributed by atoms with Gasteiger partial charge < -0.3 is 9.84 Å². The lowest BCUT2D eigenvalue weighted by Crippen LogP contribution is -2.46. The Kier molecular flexibility index (Phi) is 5.94. The van der Waals surface area contributed by atoms with Crippen LogP contribution in [0.3, 0.4) is 0 Å². The van der Waals surface area contributed by atoms with Gasteiger partial charge in [0.25, 0.3) is 5.89 Å². The van der Waals surface area contributed by atoms with Crippen molar-refractivity contribution in [1.82, 2.24) is 15.5 Å². The minimum absolute atomic E-state index is 0.244. The number of hydrogen-bond donors (Lipinski definition) is 1. The molecule has 2 heterocycles. The zero-order valence-corrected chi connectivity index (χ0v) is 20.6. The van der Waals surface area contributed by atoms with Crippen LogP contribution in [-0.2, 0) is 0 Å². The molecule has 0 saturated carbocycles. The molecule has 3 aromatic carbocycles. The molecule has 5 nitrogen and oxygen atoms in total. The monoisotopic (exact) mass is 486 g/mol. The van der Waals surface area contributed by atoms with Crippen molar-refractivity contribution in [2.75, 3.05) is 4.90 Å². The van der Waals surface area contributed by atoms with Gasteiger partial charge in [0, 0.05) is 22.0 Å². The molecule has 0 fully saturated rings. The summed E-state index contributed by atoms with van der Waals surface area (Å²) in [4.78, 5) is 6.73. The predicted molar refractivity (Wildman–Crippen MR) is 141 cm³/mol. The van der Waals surface area contributed by atoms with E-state index in [1.165, 1.54) is 11.1 Å². The van der Waals surface area contributed by atoms with Gasteiger partial charge in [0.2, 0.25) is 5.82 Å². The average Bonchev–Trinajstić information content (AvgIpc) is 3.31. The number of benzene rings is 3. The highest BCUT2D eigenvalue weighted by atomic mass is 35.5. The SMILES string of the molecule is CC1=C(c2nc(-c3ccccc3)no2)C(c2ccc(C)c(C)c2)NC(=S)N1c1cccc(Cl)c1. The van der Waals surface area contributed by atoms with Crippen molar-refractivity contribution in [3.8, 4) is 11.4 Å². The molecule has 0 bridgehead atoms. The number of allylic oxidation sites excluding steroid dienone is 1. The van der Waals surface area contributed by atoms with E-state index >= 15 is 0 Å². The van der Waals surface area contributed by atoms with E-state index in [0.29, 0.717) is 21.9 Å². The van der Waals surface area contributed by atoms with Gasteiger partial charge in [-0.05, 0) is 67.9 Å². The van der Waals surface area contributed by atoms with Crippen LogP contribution in [0.15, 0.2) is 83.0 Å². The van der Waals surface area contributed by atoms with Crippen molar-refractivity contribution >= 4 is 40.2 Å².